The number of phenols is 1. The van der Waals surface area contributed by atoms with Crippen LogP contribution in [0.2, 0.25) is 0 Å². The average Bonchev–Trinajstić information content (AvgIpc) is 2.74. The van der Waals surface area contributed by atoms with Crippen LogP contribution in [0.1, 0.15) is 56.3 Å². The summed E-state index contributed by atoms with van der Waals surface area (Å²) >= 11 is 0. The van der Waals surface area contributed by atoms with Crippen molar-refractivity contribution in [1.82, 2.24) is 4.90 Å². The third kappa shape index (κ3) is 4.88. The molecule has 0 radical (unpaired) electrons. The highest BCUT2D eigenvalue weighted by atomic mass is 19.1. The SMILES string of the molecule is C[C@@H]1Cc2cc(O)ccc2[C@@H](c2c(F)cc(N3CCC(C=O)CC3)cc2F)N1CC(C)(C)F. The van der Waals surface area contributed by atoms with Crippen molar-refractivity contribution >= 4 is 12.0 Å². The number of piperidine rings is 1. The van der Waals surface area contributed by atoms with E-state index in [1.54, 1.807) is 12.1 Å². The molecule has 0 aliphatic carbocycles. The molecule has 2 aliphatic rings. The maximum absolute atomic E-state index is 15.6. The van der Waals surface area contributed by atoms with Gasteiger partial charge in [0.25, 0.3) is 0 Å². The van der Waals surface area contributed by atoms with Crippen molar-refractivity contribution in [2.24, 2.45) is 5.92 Å². The number of anilines is 1. The Morgan fingerprint density at radius 1 is 1.12 bits per heavy atom. The number of hydrogen-bond donors (Lipinski definition) is 1. The summed E-state index contributed by atoms with van der Waals surface area (Å²) in [5, 5.41) is 9.96. The first-order chi connectivity index (χ1) is 15.6. The zero-order chi connectivity index (χ0) is 23.9. The Kier molecular flexibility index (Phi) is 6.45. The summed E-state index contributed by atoms with van der Waals surface area (Å²) < 4.78 is 46.0. The first kappa shape index (κ1) is 23.6. The number of aromatic hydroxyl groups is 1. The van der Waals surface area contributed by atoms with Gasteiger partial charge in [-0.15, -0.1) is 0 Å². The molecule has 2 atom stereocenters. The number of phenolic OH excluding ortho intramolecular Hbond substituents is 1. The molecule has 1 N–H and O–H groups in total. The van der Waals surface area contributed by atoms with Crippen molar-refractivity contribution in [1.29, 1.82) is 0 Å². The molecule has 4 rings (SSSR count). The monoisotopic (exact) mass is 460 g/mol. The number of benzene rings is 2. The molecule has 178 valence electrons. The molecular weight excluding hydrogens is 429 g/mol. The molecule has 33 heavy (non-hydrogen) atoms. The molecule has 0 spiro atoms. The van der Waals surface area contributed by atoms with Crippen LogP contribution in [0.4, 0.5) is 18.9 Å². The number of halogens is 3. The molecule has 2 aliphatic heterocycles. The summed E-state index contributed by atoms with van der Waals surface area (Å²) in [6, 6.07) is 6.50. The minimum Gasteiger partial charge on any atom is -0.508 e. The smallest absolute Gasteiger partial charge is 0.133 e. The second-order valence-electron chi connectivity index (χ2n) is 10.0. The van der Waals surface area contributed by atoms with E-state index < -0.39 is 23.3 Å². The molecule has 0 bridgehead atoms. The lowest BCUT2D eigenvalue weighted by Gasteiger charge is -2.44. The fourth-order valence-corrected chi connectivity index (χ4v) is 5.22. The summed E-state index contributed by atoms with van der Waals surface area (Å²) in [7, 11) is 0. The van der Waals surface area contributed by atoms with Crippen LogP contribution in [0.3, 0.4) is 0 Å². The van der Waals surface area contributed by atoms with Gasteiger partial charge in [0.05, 0.1) is 6.04 Å². The number of carbonyl (C=O) groups is 1. The highest BCUT2D eigenvalue weighted by molar-refractivity contribution is 5.56. The predicted molar refractivity (Wildman–Crippen MR) is 122 cm³/mol. The van der Waals surface area contributed by atoms with Crippen LogP contribution in [0.15, 0.2) is 30.3 Å². The molecule has 2 heterocycles. The quantitative estimate of drug-likeness (QED) is 0.626. The summed E-state index contributed by atoms with van der Waals surface area (Å²) in [6.07, 6.45) is 2.81. The van der Waals surface area contributed by atoms with Crippen LogP contribution in [-0.4, -0.2) is 47.6 Å². The van der Waals surface area contributed by atoms with Gasteiger partial charge < -0.3 is 14.8 Å². The third-order valence-corrected chi connectivity index (χ3v) is 6.83. The molecule has 1 saturated heterocycles. The van der Waals surface area contributed by atoms with E-state index in [0.717, 1.165) is 11.8 Å². The van der Waals surface area contributed by atoms with E-state index in [4.69, 9.17) is 0 Å². The molecular formula is C26H31F3N2O2. The Morgan fingerprint density at radius 2 is 1.76 bits per heavy atom. The van der Waals surface area contributed by atoms with E-state index in [9.17, 15) is 14.3 Å². The van der Waals surface area contributed by atoms with Gasteiger partial charge in [0, 0.05) is 42.8 Å². The summed E-state index contributed by atoms with van der Waals surface area (Å²) in [6.45, 7) is 5.97. The molecule has 2 aromatic carbocycles. The summed E-state index contributed by atoms with van der Waals surface area (Å²) in [4.78, 5) is 14.7. The second-order valence-corrected chi connectivity index (χ2v) is 10.0. The van der Waals surface area contributed by atoms with Crippen LogP contribution in [-0.2, 0) is 11.2 Å². The van der Waals surface area contributed by atoms with Crippen molar-refractivity contribution < 1.29 is 23.1 Å². The number of rotatable bonds is 5. The number of hydrogen-bond acceptors (Lipinski definition) is 4. The van der Waals surface area contributed by atoms with Crippen molar-refractivity contribution in [3.8, 4) is 5.75 Å². The zero-order valence-corrected chi connectivity index (χ0v) is 19.3. The van der Waals surface area contributed by atoms with Crippen molar-refractivity contribution in [2.45, 2.75) is 57.8 Å². The van der Waals surface area contributed by atoms with Gasteiger partial charge in [-0.25, -0.2) is 13.2 Å². The van der Waals surface area contributed by atoms with E-state index in [1.807, 2.05) is 16.7 Å². The maximum Gasteiger partial charge on any atom is 0.133 e. The van der Waals surface area contributed by atoms with Gasteiger partial charge in [0.2, 0.25) is 0 Å². The van der Waals surface area contributed by atoms with Crippen LogP contribution >= 0.6 is 0 Å². The van der Waals surface area contributed by atoms with Crippen LogP contribution in [0.25, 0.3) is 0 Å². The summed E-state index contributed by atoms with van der Waals surface area (Å²) in [5.74, 6) is -1.27. The van der Waals surface area contributed by atoms with Crippen LogP contribution < -0.4 is 4.90 Å². The van der Waals surface area contributed by atoms with E-state index in [-0.39, 0.29) is 29.8 Å². The standard InChI is InChI=1S/C26H31F3N2O2/c1-16-10-18-11-20(33)4-5-21(18)25(31(16)15-26(2,3)29)24-22(27)12-19(13-23(24)28)30-8-6-17(14-32)7-9-30/h4-5,11-14,16-17,25,33H,6-10,15H2,1-3H3/t16-,25+/m1/s1. The Morgan fingerprint density at radius 3 is 2.33 bits per heavy atom. The Bertz CT molecular complexity index is 1010. The van der Waals surface area contributed by atoms with E-state index >= 15 is 8.78 Å². The van der Waals surface area contributed by atoms with Crippen LogP contribution in [0, 0.1) is 17.6 Å². The molecule has 2 aromatic rings. The number of fused-ring (bicyclic) bond motifs is 1. The minimum absolute atomic E-state index is 0.00975. The lowest BCUT2D eigenvalue weighted by atomic mass is 9.83. The number of carbonyl (C=O) groups excluding carboxylic acids is 1. The number of alkyl halides is 1. The molecule has 7 heteroatoms. The lowest BCUT2D eigenvalue weighted by Crippen LogP contribution is -2.48. The molecule has 0 unspecified atom stereocenters. The zero-order valence-electron chi connectivity index (χ0n) is 19.3. The molecule has 1 fully saturated rings. The minimum atomic E-state index is -1.56. The topological polar surface area (TPSA) is 43.8 Å². The fraction of sp³-hybridized carbons (Fsp3) is 0.500. The molecule has 0 amide bonds. The van der Waals surface area contributed by atoms with Crippen LogP contribution in [0.5, 0.6) is 5.75 Å². The highest BCUT2D eigenvalue weighted by Crippen LogP contribution is 2.42. The van der Waals surface area contributed by atoms with Gasteiger partial charge in [0.1, 0.15) is 29.3 Å². The fourth-order valence-electron chi connectivity index (χ4n) is 5.22. The molecule has 4 nitrogen and oxygen atoms in total. The highest BCUT2D eigenvalue weighted by Gasteiger charge is 2.39. The first-order valence-electron chi connectivity index (χ1n) is 11.5. The maximum atomic E-state index is 15.6. The Hall–Kier alpha value is -2.54. The average molecular weight is 461 g/mol. The third-order valence-electron chi connectivity index (χ3n) is 6.83. The van der Waals surface area contributed by atoms with E-state index in [0.29, 0.717) is 43.6 Å². The van der Waals surface area contributed by atoms with Gasteiger partial charge in [-0.05, 0) is 75.4 Å². The van der Waals surface area contributed by atoms with Crippen molar-refractivity contribution in [2.75, 3.05) is 24.5 Å². The number of nitrogens with zero attached hydrogens (tertiary/aromatic N) is 2. The second kappa shape index (κ2) is 9.01. The Labute approximate surface area is 193 Å². The number of aldehydes is 1. The lowest BCUT2D eigenvalue weighted by molar-refractivity contribution is -0.111. The molecule has 0 aromatic heterocycles. The van der Waals surface area contributed by atoms with Gasteiger partial charge in [0.15, 0.2) is 0 Å². The first-order valence-corrected chi connectivity index (χ1v) is 11.5. The predicted octanol–water partition coefficient (Wildman–Crippen LogP) is 5.17. The van der Waals surface area contributed by atoms with Gasteiger partial charge in [-0.3, -0.25) is 4.90 Å². The normalized spacial score (nSPS) is 22.3. The largest absolute Gasteiger partial charge is 0.508 e. The van der Waals surface area contributed by atoms with Gasteiger partial charge >= 0.3 is 0 Å². The van der Waals surface area contributed by atoms with Crippen molar-refractivity contribution in [3.05, 3.63) is 58.7 Å². The van der Waals surface area contributed by atoms with Gasteiger partial charge in [-0.2, -0.15) is 0 Å². The van der Waals surface area contributed by atoms with E-state index in [1.165, 1.54) is 32.0 Å². The van der Waals surface area contributed by atoms with Gasteiger partial charge in [-0.1, -0.05) is 6.07 Å². The van der Waals surface area contributed by atoms with E-state index in [2.05, 4.69) is 0 Å². The molecule has 0 saturated carbocycles. The van der Waals surface area contributed by atoms with Crippen molar-refractivity contribution in [3.63, 3.8) is 0 Å². The summed E-state index contributed by atoms with van der Waals surface area (Å²) in [5.41, 5.74) is 0.262. The Balaban J connectivity index is 1.77.